The molecular weight excluding hydrogens is 331 g/mol. The Morgan fingerprint density at radius 3 is 2.70 bits per heavy atom. The first-order valence-corrected chi connectivity index (χ1v) is 9.32. The third-order valence-electron chi connectivity index (χ3n) is 5.42. The van der Waals surface area contributed by atoms with E-state index in [9.17, 15) is 4.79 Å². The van der Waals surface area contributed by atoms with E-state index in [2.05, 4.69) is 9.80 Å². The number of carbonyl (C=O) groups is 1. The van der Waals surface area contributed by atoms with E-state index in [4.69, 9.17) is 23.2 Å². The van der Waals surface area contributed by atoms with Crippen molar-refractivity contribution in [3.8, 4) is 0 Å². The summed E-state index contributed by atoms with van der Waals surface area (Å²) in [6.07, 6.45) is 4.76. The predicted octanol–water partition coefficient (Wildman–Crippen LogP) is 3.83. The lowest BCUT2D eigenvalue weighted by Gasteiger charge is -2.36. The lowest BCUT2D eigenvalue weighted by molar-refractivity contribution is -0.140. The summed E-state index contributed by atoms with van der Waals surface area (Å²) in [7, 11) is 0. The van der Waals surface area contributed by atoms with Crippen molar-refractivity contribution in [2.24, 2.45) is 11.8 Å². The number of piperidine rings is 1. The number of hydrogen-bond acceptors (Lipinski definition) is 2. The monoisotopic (exact) mass is 352 g/mol. The molecule has 1 saturated carbocycles. The van der Waals surface area contributed by atoms with Crippen molar-refractivity contribution < 1.29 is 4.79 Å². The molecule has 2 bridgehead atoms. The van der Waals surface area contributed by atoms with Gasteiger partial charge in [-0.1, -0.05) is 23.2 Å². The van der Waals surface area contributed by atoms with Crippen molar-refractivity contribution in [1.29, 1.82) is 0 Å². The Hall–Kier alpha value is -0.770. The summed E-state index contributed by atoms with van der Waals surface area (Å²) in [4.78, 5) is 17.3. The smallest absolute Gasteiger partial charge is 0.227 e. The van der Waals surface area contributed by atoms with E-state index in [1.807, 2.05) is 18.2 Å². The highest BCUT2D eigenvalue weighted by atomic mass is 35.5. The standard InChI is InChI=1S/C18H22Cl2N2O/c19-15-4-6-17(20)14(7-15)10-21-9-13-3-5-16(11-21)22(18(13)23)8-12-1-2-12/h4,6-7,12-13,16H,1-3,5,8-11H2/t13-,16+/m0/s1. The number of benzene rings is 1. The van der Waals surface area contributed by atoms with E-state index >= 15 is 0 Å². The molecule has 124 valence electrons. The van der Waals surface area contributed by atoms with Crippen LogP contribution in [0.25, 0.3) is 0 Å². The average Bonchev–Trinajstić information content (AvgIpc) is 3.34. The second-order valence-electron chi connectivity index (χ2n) is 7.29. The Labute approximate surface area is 147 Å². The van der Waals surface area contributed by atoms with E-state index in [1.54, 1.807) is 0 Å². The van der Waals surface area contributed by atoms with Crippen LogP contribution in [0.1, 0.15) is 31.2 Å². The Balaban J connectivity index is 1.51. The number of nitrogens with zero attached hydrogens (tertiary/aromatic N) is 2. The minimum atomic E-state index is 0.158. The van der Waals surface area contributed by atoms with Crippen LogP contribution in [0.5, 0.6) is 0 Å². The maximum Gasteiger partial charge on any atom is 0.227 e. The third-order valence-corrected chi connectivity index (χ3v) is 6.03. The molecule has 0 aromatic heterocycles. The van der Waals surface area contributed by atoms with Crippen LogP contribution in [0, 0.1) is 11.8 Å². The summed E-state index contributed by atoms with van der Waals surface area (Å²) >= 11 is 12.4. The molecule has 3 heterocycles. The summed E-state index contributed by atoms with van der Waals surface area (Å²) in [5.41, 5.74) is 1.06. The van der Waals surface area contributed by atoms with Gasteiger partial charge in [0.2, 0.25) is 5.91 Å². The topological polar surface area (TPSA) is 23.6 Å². The van der Waals surface area contributed by atoms with Crippen molar-refractivity contribution >= 4 is 29.1 Å². The zero-order valence-electron chi connectivity index (χ0n) is 13.2. The molecule has 5 heteroatoms. The van der Waals surface area contributed by atoms with Crippen LogP contribution >= 0.6 is 23.2 Å². The normalized spacial score (nSPS) is 28.3. The number of amides is 1. The highest BCUT2D eigenvalue weighted by Crippen LogP contribution is 2.36. The zero-order chi connectivity index (χ0) is 16.0. The Kier molecular flexibility index (Phi) is 4.29. The summed E-state index contributed by atoms with van der Waals surface area (Å²) in [5.74, 6) is 1.30. The lowest BCUT2D eigenvalue weighted by atomic mass is 9.94. The molecule has 3 aliphatic heterocycles. The van der Waals surface area contributed by atoms with E-state index in [1.165, 1.54) is 12.8 Å². The summed E-state index contributed by atoms with van der Waals surface area (Å²) in [6, 6.07) is 6.00. The molecule has 2 atom stereocenters. The molecule has 23 heavy (non-hydrogen) atoms. The van der Waals surface area contributed by atoms with E-state index < -0.39 is 0 Å². The molecule has 1 amide bonds. The van der Waals surface area contributed by atoms with E-state index in [-0.39, 0.29) is 5.92 Å². The number of rotatable bonds is 4. The summed E-state index contributed by atoms with van der Waals surface area (Å²) < 4.78 is 0. The molecule has 3 saturated heterocycles. The van der Waals surface area contributed by atoms with Gasteiger partial charge in [-0.25, -0.2) is 0 Å². The Morgan fingerprint density at radius 1 is 1.09 bits per heavy atom. The van der Waals surface area contributed by atoms with Gasteiger partial charge in [0.25, 0.3) is 0 Å². The van der Waals surface area contributed by atoms with Crippen molar-refractivity contribution in [3.05, 3.63) is 33.8 Å². The van der Waals surface area contributed by atoms with Gasteiger partial charge < -0.3 is 4.90 Å². The maximum atomic E-state index is 12.7. The molecule has 0 spiro atoms. The maximum absolute atomic E-state index is 12.7. The molecule has 1 aliphatic carbocycles. The van der Waals surface area contributed by atoms with E-state index in [0.717, 1.165) is 55.5 Å². The number of carbonyl (C=O) groups excluding carboxylic acids is 1. The predicted molar refractivity (Wildman–Crippen MR) is 92.7 cm³/mol. The van der Waals surface area contributed by atoms with Crippen LogP contribution in [-0.2, 0) is 11.3 Å². The molecule has 3 nitrogen and oxygen atoms in total. The minimum Gasteiger partial charge on any atom is -0.338 e. The fourth-order valence-electron chi connectivity index (χ4n) is 3.98. The first kappa shape index (κ1) is 15.7. The van der Waals surface area contributed by atoms with Crippen LogP contribution in [0.2, 0.25) is 10.0 Å². The fraction of sp³-hybridized carbons (Fsp3) is 0.611. The molecule has 5 rings (SSSR count). The number of fused-ring (bicyclic) bond motifs is 4. The average molecular weight is 353 g/mol. The second-order valence-corrected chi connectivity index (χ2v) is 8.14. The molecule has 1 aromatic carbocycles. The van der Waals surface area contributed by atoms with Gasteiger partial charge in [0, 0.05) is 42.3 Å². The first-order chi connectivity index (χ1) is 11.1. The van der Waals surface area contributed by atoms with Gasteiger partial charge in [-0.3, -0.25) is 9.69 Å². The van der Waals surface area contributed by atoms with Gasteiger partial charge in [0.15, 0.2) is 0 Å². The number of hydrogen-bond donors (Lipinski definition) is 0. The lowest BCUT2D eigenvalue weighted by Crippen LogP contribution is -2.48. The largest absolute Gasteiger partial charge is 0.338 e. The van der Waals surface area contributed by atoms with Gasteiger partial charge in [0.1, 0.15) is 0 Å². The molecule has 0 N–H and O–H groups in total. The third kappa shape index (κ3) is 3.38. The van der Waals surface area contributed by atoms with Crippen LogP contribution in [0.3, 0.4) is 0 Å². The summed E-state index contributed by atoms with van der Waals surface area (Å²) in [6.45, 7) is 3.56. The van der Waals surface area contributed by atoms with Gasteiger partial charge in [0.05, 0.1) is 5.92 Å². The van der Waals surface area contributed by atoms with Gasteiger partial charge in [-0.2, -0.15) is 0 Å². The highest BCUT2D eigenvalue weighted by Gasteiger charge is 2.42. The minimum absolute atomic E-state index is 0.158. The first-order valence-electron chi connectivity index (χ1n) is 8.57. The quantitative estimate of drug-likeness (QED) is 0.822. The molecule has 1 aromatic rings. The van der Waals surface area contributed by atoms with Gasteiger partial charge in [-0.05, 0) is 55.4 Å². The molecule has 4 aliphatic rings. The van der Waals surface area contributed by atoms with Crippen LogP contribution in [0.15, 0.2) is 18.2 Å². The molecule has 0 radical (unpaired) electrons. The van der Waals surface area contributed by atoms with E-state index in [0.29, 0.717) is 17.0 Å². The van der Waals surface area contributed by atoms with Crippen LogP contribution < -0.4 is 0 Å². The van der Waals surface area contributed by atoms with Crippen molar-refractivity contribution in [2.45, 2.75) is 38.3 Å². The van der Waals surface area contributed by atoms with Gasteiger partial charge in [-0.15, -0.1) is 0 Å². The van der Waals surface area contributed by atoms with Crippen molar-refractivity contribution in [2.75, 3.05) is 19.6 Å². The Bertz CT molecular complexity index is 617. The zero-order valence-corrected chi connectivity index (χ0v) is 14.7. The van der Waals surface area contributed by atoms with Crippen LogP contribution in [0.4, 0.5) is 0 Å². The number of halogens is 2. The molecule has 0 unspecified atom stereocenters. The molecule has 4 fully saturated rings. The summed E-state index contributed by atoms with van der Waals surface area (Å²) in [5, 5.41) is 1.47. The fourth-order valence-corrected chi connectivity index (χ4v) is 4.35. The van der Waals surface area contributed by atoms with Crippen LogP contribution in [-0.4, -0.2) is 41.4 Å². The Morgan fingerprint density at radius 2 is 1.91 bits per heavy atom. The van der Waals surface area contributed by atoms with Gasteiger partial charge >= 0.3 is 0 Å². The second kappa shape index (κ2) is 6.27. The van der Waals surface area contributed by atoms with Crippen molar-refractivity contribution in [3.63, 3.8) is 0 Å². The van der Waals surface area contributed by atoms with Crippen molar-refractivity contribution in [1.82, 2.24) is 9.80 Å². The molecular formula is C18H22Cl2N2O. The highest BCUT2D eigenvalue weighted by molar-refractivity contribution is 6.33. The SMILES string of the molecule is O=C1[C@H]2CC[C@H](CN(Cc3cc(Cl)ccc3Cl)C2)N1CC1CC1.